The molecule has 1 atom stereocenters. The van der Waals surface area contributed by atoms with Gasteiger partial charge in [-0.2, -0.15) is 0 Å². The van der Waals surface area contributed by atoms with Crippen LogP contribution in [-0.4, -0.2) is 30.1 Å². The topological polar surface area (TPSA) is 58.7 Å². The average molecular weight is 327 g/mol. The number of thioether (sulfide) groups is 1. The minimum Gasteiger partial charge on any atom is -0.307 e. The van der Waals surface area contributed by atoms with E-state index in [0.717, 1.165) is 21.9 Å². The number of amides is 1. The number of hydrogen-bond donors (Lipinski definition) is 1. The fraction of sp³-hybridized carbons (Fsp3) is 0.176. The third-order valence-electron chi connectivity index (χ3n) is 4.01. The van der Waals surface area contributed by atoms with Crippen molar-refractivity contribution in [2.45, 2.75) is 11.1 Å². The number of rotatable bonds is 1. The summed E-state index contributed by atoms with van der Waals surface area (Å²) >= 11 is 1.69. The Hall–Kier alpha value is -2.18. The molecule has 0 saturated heterocycles. The summed E-state index contributed by atoms with van der Waals surface area (Å²) in [6.07, 6.45) is -1.02. The third kappa shape index (κ3) is 2.26. The second-order valence-corrected chi connectivity index (χ2v) is 6.53. The summed E-state index contributed by atoms with van der Waals surface area (Å²) in [6.45, 7) is 0.585. The Balaban J connectivity index is 2.01. The molecule has 2 aromatic carbocycles. The molecule has 2 heterocycles. The lowest BCUT2D eigenvalue weighted by molar-refractivity contribution is -0.119. The van der Waals surface area contributed by atoms with Crippen LogP contribution in [0.1, 0.15) is 11.1 Å². The van der Waals surface area contributed by atoms with Gasteiger partial charge in [0.05, 0.1) is 11.4 Å². The zero-order valence-corrected chi connectivity index (χ0v) is 13.0. The molecule has 0 bridgehead atoms. The standard InChI is InChI=1S/C17H14FN3OS/c18-12-6-2-1-4-10(12)14-11-5-3-7-13-15(11)21(8-9-23-13)17(22)16(19)20-14/h1-7,16H,8-9,19H2. The Bertz CT molecular complexity index is 836. The van der Waals surface area contributed by atoms with Gasteiger partial charge >= 0.3 is 0 Å². The van der Waals surface area contributed by atoms with Gasteiger partial charge in [-0.15, -0.1) is 11.8 Å². The predicted molar refractivity (Wildman–Crippen MR) is 89.5 cm³/mol. The molecule has 4 rings (SSSR count). The summed E-state index contributed by atoms with van der Waals surface area (Å²) in [5.74, 6) is 0.190. The van der Waals surface area contributed by atoms with Crippen LogP contribution in [0.2, 0.25) is 0 Å². The molecule has 2 aliphatic rings. The highest BCUT2D eigenvalue weighted by atomic mass is 32.2. The van der Waals surface area contributed by atoms with E-state index in [0.29, 0.717) is 17.8 Å². The van der Waals surface area contributed by atoms with Crippen LogP contribution in [0.3, 0.4) is 0 Å². The van der Waals surface area contributed by atoms with Gasteiger partial charge in [0, 0.05) is 28.3 Å². The van der Waals surface area contributed by atoms with Gasteiger partial charge in [-0.25, -0.2) is 4.39 Å². The monoisotopic (exact) mass is 327 g/mol. The first kappa shape index (κ1) is 14.4. The third-order valence-corrected chi connectivity index (χ3v) is 5.04. The normalized spacial score (nSPS) is 19.9. The van der Waals surface area contributed by atoms with E-state index in [1.165, 1.54) is 6.07 Å². The van der Waals surface area contributed by atoms with Crippen LogP contribution in [0.25, 0.3) is 0 Å². The van der Waals surface area contributed by atoms with E-state index in [4.69, 9.17) is 5.73 Å². The van der Waals surface area contributed by atoms with Crippen LogP contribution in [0, 0.1) is 5.82 Å². The quantitative estimate of drug-likeness (QED) is 0.875. The molecule has 0 spiro atoms. The van der Waals surface area contributed by atoms with Gasteiger partial charge in [-0.3, -0.25) is 9.79 Å². The Morgan fingerprint density at radius 2 is 1.96 bits per heavy atom. The number of nitrogens with zero attached hydrogens (tertiary/aromatic N) is 2. The highest BCUT2D eigenvalue weighted by molar-refractivity contribution is 7.99. The van der Waals surface area contributed by atoms with Crippen molar-refractivity contribution in [1.29, 1.82) is 0 Å². The predicted octanol–water partition coefficient (Wildman–Crippen LogP) is 2.40. The van der Waals surface area contributed by atoms with Gasteiger partial charge < -0.3 is 10.6 Å². The molecule has 23 heavy (non-hydrogen) atoms. The van der Waals surface area contributed by atoms with Crippen LogP contribution in [0.15, 0.2) is 52.4 Å². The van der Waals surface area contributed by atoms with Crippen molar-refractivity contribution < 1.29 is 9.18 Å². The van der Waals surface area contributed by atoms with E-state index in [2.05, 4.69) is 4.99 Å². The van der Waals surface area contributed by atoms with Crippen LogP contribution in [-0.2, 0) is 4.79 Å². The van der Waals surface area contributed by atoms with E-state index in [9.17, 15) is 9.18 Å². The number of carbonyl (C=O) groups is 1. The van der Waals surface area contributed by atoms with Gasteiger partial charge in [0.15, 0.2) is 6.17 Å². The average Bonchev–Trinajstić information content (AvgIpc) is 2.68. The number of aliphatic imine (C=N–C) groups is 1. The summed E-state index contributed by atoms with van der Waals surface area (Å²) in [4.78, 5) is 19.6. The molecule has 0 saturated carbocycles. The SMILES string of the molecule is NC1N=C(c2ccccc2F)c2cccc3c2N(CCS3)C1=O. The fourth-order valence-corrected chi connectivity index (χ4v) is 4.00. The van der Waals surface area contributed by atoms with Crippen LogP contribution in [0.5, 0.6) is 0 Å². The maximum absolute atomic E-state index is 14.3. The highest BCUT2D eigenvalue weighted by Gasteiger charge is 2.34. The van der Waals surface area contributed by atoms with Gasteiger partial charge in [0.25, 0.3) is 5.91 Å². The Kier molecular flexibility index (Phi) is 3.43. The molecule has 0 radical (unpaired) electrons. The van der Waals surface area contributed by atoms with E-state index < -0.39 is 6.17 Å². The molecule has 4 nitrogen and oxygen atoms in total. The van der Waals surface area contributed by atoms with Gasteiger partial charge in [-0.05, 0) is 18.2 Å². The number of anilines is 1. The van der Waals surface area contributed by atoms with Crippen LogP contribution in [0.4, 0.5) is 10.1 Å². The first-order valence-electron chi connectivity index (χ1n) is 7.32. The molecule has 2 N–H and O–H groups in total. The summed E-state index contributed by atoms with van der Waals surface area (Å²) in [5, 5.41) is 0. The minimum atomic E-state index is -1.02. The molecule has 2 aliphatic heterocycles. The van der Waals surface area contributed by atoms with Crippen molar-refractivity contribution in [2.24, 2.45) is 10.7 Å². The second-order valence-electron chi connectivity index (χ2n) is 5.39. The van der Waals surface area contributed by atoms with Crippen molar-refractivity contribution >= 4 is 29.1 Å². The fourth-order valence-electron chi connectivity index (χ4n) is 2.98. The number of carbonyl (C=O) groups excluding carboxylic acids is 1. The number of nitrogens with two attached hydrogens (primary N) is 1. The molecule has 1 amide bonds. The maximum atomic E-state index is 14.3. The van der Waals surface area contributed by atoms with Crippen LogP contribution < -0.4 is 10.6 Å². The van der Waals surface area contributed by atoms with Crippen LogP contribution >= 0.6 is 11.8 Å². The highest BCUT2D eigenvalue weighted by Crippen LogP contribution is 2.40. The summed E-state index contributed by atoms with van der Waals surface area (Å²) in [7, 11) is 0. The van der Waals surface area contributed by atoms with Gasteiger partial charge in [0.2, 0.25) is 0 Å². The van der Waals surface area contributed by atoms with Crippen molar-refractivity contribution in [2.75, 3.05) is 17.2 Å². The van der Waals surface area contributed by atoms with Crippen molar-refractivity contribution in [3.8, 4) is 0 Å². The van der Waals surface area contributed by atoms with E-state index in [1.807, 2.05) is 18.2 Å². The van der Waals surface area contributed by atoms with E-state index in [-0.39, 0.29) is 11.7 Å². The zero-order valence-electron chi connectivity index (χ0n) is 12.2. The number of para-hydroxylation sites is 1. The Morgan fingerprint density at radius 3 is 2.78 bits per heavy atom. The largest absolute Gasteiger partial charge is 0.307 e. The molecule has 0 aliphatic carbocycles. The molecule has 1 unspecified atom stereocenters. The summed E-state index contributed by atoms with van der Waals surface area (Å²) < 4.78 is 14.3. The Labute approximate surface area is 137 Å². The number of halogens is 1. The molecular weight excluding hydrogens is 313 g/mol. The summed E-state index contributed by atoms with van der Waals surface area (Å²) in [6, 6.07) is 12.2. The molecular formula is C17H14FN3OS. The first-order valence-corrected chi connectivity index (χ1v) is 8.31. The smallest absolute Gasteiger partial charge is 0.266 e. The number of benzene rings is 2. The zero-order chi connectivity index (χ0) is 16.0. The van der Waals surface area contributed by atoms with Gasteiger partial charge in [-0.1, -0.05) is 24.3 Å². The molecule has 0 fully saturated rings. The van der Waals surface area contributed by atoms with E-state index in [1.54, 1.807) is 34.9 Å². The molecule has 116 valence electrons. The second kappa shape index (κ2) is 5.47. The van der Waals surface area contributed by atoms with E-state index >= 15 is 0 Å². The first-order chi connectivity index (χ1) is 11.2. The molecule has 2 aromatic rings. The lowest BCUT2D eigenvalue weighted by Crippen LogP contribution is -2.44. The van der Waals surface area contributed by atoms with Crippen molar-refractivity contribution in [1.82, 2.24) is 0 Å². The molecule has 0 aromatic heterocycles. The lowest BCUT2D eigenvalue weighted by atomic mass is 9.99. The minimum absolute atomic E-state index is 0.245. The van der Waals surface area contributed by atoms with Crippen molar-refractivity contribution in [3.05, 3.63) is 59.4 Å². The summed E-state index contributed by atoms with van der Waals surface area (Å²) in [5.41, 5.74) is 8.31. The van der Waals surface area contributed by atoms with Crippen molar-refractivity contribution in [3.63, 3.8) is 0 Å². The van der Waals surface area contributed by atoms with Gasteiger partial charge in [0.1, 0.15) is 5.82 Å². The Morgan fingerprint density at radius 1 is 1.17 bits per heavy atom. The molecule has 6 heteroatoms. The maximum Gasteiger partial charge on any atom is 0.266 e. The lowest BCUT2D eigenvalue weighted by Gasteiger charge is -2.30. The number of hydrogen-bond acceptors (Lipinski definition) is 4.